The van der Waals surface area contributed by atoms with Gasteiger partial charge in [-0.05, 0) is 60.5 Å². The van der Waals surface area contributed by atoms with E-state index >= 15 is 0 Å². The van der Waals surface area contributed by atoms with Gasteiger partial charge in [0.1, 0.15) is 13.2 Å². The summed E-state index contributed by atoms with van der Waals surface area (Å²) in [5.74, 6) is 2.26. The zero-order valence-electron chi connectivity index (χ0n) is 20.7. The number of hydrogen-bond donors (Lipinski definition) is 1. The van der Waals surface area contributed by atoms with E-state index in [1.165, 1.54) is 12.1 Å². The van der Waals surface area contributed by atoms with E-state index in [4.69, 9.17) is 35.0 Å². The fourth-order valence-electron chi connectivity index (χ4n) is 3.97. The van der Waals surface area contributed by atoms with Gasteiger partial charge in [0, 0.05) is 23.2 Å². The van der Waals surface area contributed by atoms with Gasteiger partial charge in [-0.25, -0.2) is 8.42 Å². The Hall–Kier alpha value is -3.89. The summed E-state index contributed by atoms with van der Waals surface area (Å²) in [6.45, 7) is 1.11. The Kier molecular flexibility index (Phi) is 7.35. The highest BCUT2D eigenvalue weighted by Crippen LogP contribution is 2.37. The summed E-state index contributed by atoms with van der Waals surface area (Å²) in [6, 6.07) is 16.9. The Bertz CT molecular complexity index is 1550. The molecule has 0 saturated heterocycles. The van der Waals surface area contributed by atoms with Crippen LogP contribution in [-0.4, -0.2) is 47.4 Å². The maximum atomic E-state index is 13.7. The molecule has 0 amide bonds. The highest BCUT2D eigenvalue weighted by molar-refractivity contribution is 7.91. The molecule has 2 heterocycles. The second-order valence-corrected chi connectivity index (χ2v) is 10.6. The number of rotatable bonds is 9. The predicted molar refractivity (Wildman–Crippen MR) is 142 cm³/mol. The molecule has 3 aromatic carbocycles. The summed E-state index contributed by atoms with van der Waals surface area (Å²) in [4.78, 5) is 4.39. The minimum absolute atomic E-state index is 0.0145. The number of fused-ring (bicyclic) bond motifs is 1. The van der Waals surface area contributed by atoms with Crippen molar-refractivity contribution in [2.75, 3.05) is 39.3 Å². The summed E-state index contributed by atoms with van der Waals surface area (Å²) in [6.07, 6.45) is 0.556. The van der Waals surface area contributed by atoms with Crippen molar-refractivity contribution in [1.29, 1.82) is 0 Å². The third-order valence-electron chi connectivity index (χ3n) is 5.91. The zero-order chi connectivity index (χ0) is 26.7. The molecule has 1 N–H and O–H groups in total. The Morgan fingerprint density at radius 3 is 2.39 bits per heavy atom. The van der Waals surface area contributed by atoms with Crippen molar-refractivity contribution in [3.63, 3.8) is 0 Å². The summed E-state index contributed by atoms with van der Waals surface area (Å²) in [7, 11) is -0.933. The van der Waals surface area contributed by atoms with Crippen molar-refractivity contribution >= 4 is 27.3 Å². The Labute approximate surface area is 225 Å². The third-order valence-corrected chi connectivity index (χ3v) is 7.83. The molecule has 0 aliphatic carbocycles. The molecule has 198 valence electrons. The molecule has 0 radical (unpaired) electrons. The molecule has 0 saturated carbocycles. The quantitative estimate of drug-likeness (QED) is 0.295. The molecule has 38 heavy (non-hydrogen) atoms. The smallest absolute Gasteiger partial charge is 0.233 e. The number of ether oxygens (including phenoxy) is 4. The Morgan fingerprint density at radius 1 is 0.921 bits per heavy atom. The van der Waals surface area contributed by atoms with Crippen LogP contribution in [-0.2, 0) is 16.3 Å². The van der Waals surface area contributed by atoms with E-state index < -0.39 is 9.84 Å². The van der Waals surface area contributed by atoms with E-state index in [0.717, 1.165) is 5.56 Å². The van der Waals surface area contributed by atoms with E-state index in [9.17, 15) is 8.42 Å². The fraction of sp³-hybridized carbons (Fsp3) is 0.222. The number of oxazole rings is 1. The van der Waals surface area contributed by atoms with Crippen LogP contribution in [0.25, 0.3) is 11.5 Å². The van der Waals surface area contributed by atoms with Crippen LogP contribution in [0, 0.1) is 0 Å². The molecule has 1 aliphatic heterocycles. The average Bonchev–Trinajstić information content (AvgIpc) is 3.38. The van der Waals surface area contributed by atoms with Crippen LogP contribution in [0.1, 0.15) is 5.56 Å². The molecule has 0 spiro atoms. The Morgan fingerprint density at radius 2 is 1.66 bits per heavy atom. The van der Waals surface area contributed by atoms with Gasteiger partial charge in [-0.2, -0.15) is 4.98 Å². The lowest BCUT2D eigenvalue weighted by molar-refractivity contribution is 0.171. The Balaban J connectivity index is 1.46. The van der Waals surface area contributed by atoms with E-state index in [1.807, 2.05) is 18.2 Å². The molecule has 11 heteroatoms. The highest BCUT2D eigenvalue weighted by atomic mass is 35.5. The van der Waals surface area contributed by atoms with E-state index in [1.54, 1.807) is 44.6 Å². The predicted octanol–water partition coefficient (Wildman–Crippen LogP) is 5.27. The summed E-state index contributed by atoms with van der Waals surface area (Å²) < 4.78 is 55.1. The molecule has 5 rings (SSSR count). The number of nitrogens with one attached hydrogen (secondary N) is 1. The lowest BCUT2D eigenvalue weighted by Gasteiger charge is -2.18. The van der Waals surface area contributed by atoms with Gasteiger partial charge in [0.05, 0.1) is 19.1 Å². The number of aromatic nitrogens is 1. The second kappa shape index (κ2) is 10.8. The zero-order valence-corrected chi connectivity index (χ0v) is 22.3. The lowest BCUT2D eigenvalue weighted by Crippen LogP contribution is -2.16. The largest absolute Gasteiger partial charge is 0.493 e. The van der Waals surface area contributed by atoms with E-state index in [2.05, 4.69) is 10.3 Å². The topological polar surface area (TPSA) is 109 Å². The maximum Gasteiger partial charge on any atom is 0.233 e. The summed E-state index contributed by atoms with van der Waals surface area (Å²) >= 11 is 6.02. The van der Waals surface area contributed by atoms with Crippen molar-refractivity contribution in [3.05, 3.63) is 71.2 Å². The normalized spacial score (nSPS) is 12.7. The number of nitrogens with zero attached hydrogens (tertiary/aromatic N) is 1. The molecule has 1 aliphatic rings. The first-order chi connectivity index (χ1) is 18.4. The van der Waals surface area contributed by atoms with Gasteiger partial charge in [-0.1, -0.05) is 17.7 Å². The van der Waals surface area contributed by atoms with Gasteiger partial charge in [0.2, 0.25) is 26.6 Å². The van der Waals surface area contributed by atoms with Crippen molar-refractivity contribution in [2.24, 2.45) is 0 Å². The van der Waals surface area contributed by atoms with Gasteiger partial charge in [0.25, 0.3) is 0 Å². The fourth-order valence-corrected chi connectivity index (χ4v) is 5.39. The molecular formula is C27H25ClN2O7S. The first kappa shape index (κ1) is 25.7. The van der Waals surface area contributed by atoms with Gasteiger partial charge < -0.3 is 28.7 Å². The average molecular weight is 557 g/mol. The third kappa shape index (κ3) is 5.23. The number of sulfone groups is 1. The molecule has 0 atom stereocenters. The van der Waals surface area contributed by atoms with Crippen LogP contribution in [0.2, 0.25) is 5.02 Å². The molecule has 9 nitrogen and oxygen atoms in total. The monoisotopic (exact) mass is 556 g/mol. The van der Waals surface area contributed by atoms with E-state index in [-0.39, 0.29) is 21.7 Å². The van der Waals surface area contributed by atoms with Crippen LogP contribution in [0.15, 0.2) is 75.0 Å². The minimum Gasteiger partial charge on any atom is -0.493 e. The van der Waals surface area contributed by atoms with Crippen LogP contribution in [0.5, 0.6) is 23.0 Å². The SMILES string of the molecule is COc1ccc(CCNc2oc(-c3ccc(Cl)cc3)nc2S(=O)(=O)c2ccc3c(c2)OCCO3)cc1OC. The molecule has 4 aromatic rings. The van der Waals surface area contributed by atoms with Gasteiger partial charge in [-0.15, -0.1) is 0 Å². The van der Waals surface area contributed by atoms with Crippen molar-refractivity contribution in [1.82, 2.24) is 4.98 Å². The highest BCUT2D eigenvalue weighted by Gasteiger charge is 2.30. The summed E-state index contributed by atoms with van der Waals surface area (Å²) in [5.41, 5.74) is 1.55. The summed E-state index contributed by atoms with van der Waals surface area (Å²) in [5, 5.41) is 3.41. The molecule has 0 fully saturated rings. The van der Waals surface area contributed by atoms with E-state index in [0.29, 0.717) is 59.8 Å². The standard InChI is InChI=1S/C27H25ClN2O7S/c1-33-21-9-3-17(15-23(21)34-2)11-12-29-26-27(30-25(37-26)18-4-6-19(28)7-5-18)38(31,32)20-8-10-22-24(16-20)36-14-13-35-22/h3-10,15-16,29H,11-14H2,1-2H3. The van der Waals surface area contributed by atoms with Gasteiger partial charge >= 0.3 is 0 Å². The number of benzene rings is 3. The van der Waals surface area contributed by atoms with Crippen molar-refractivity contribution in [3.8, 4) is 34.5 Å². The second-order valence-electron chi connectivity index (χ2n) is 8.34. The molecule has 1 aromatic heterocycles. The maximum absolute atomic E-state index is 13.7. The first-order valence-electron chi connectivity index (χ1n) is 11.8. The van der Waals surface area contributed by atoms with Crippen molar-refractivity contribution in [2.45, 2.75) is 16.3 Å². The molecule has 0 bridgehead atoms. The number of methoxy groups -OCH3 is 2. The minimum atomic E-state index is -4.08. The lowest BCUT2D eigenvalue weighted by atomic mass is 10.1. The molecular weight excluding hydrogens is 532 g/mol. The number of halogens is 1. The number of hydrogen-bond acceptors (Lipinski definition) is 9. The van der Waals surface area contributed by atoms with Gasteiger partial charge in [0.15, 0.2) is 23.0 Å². The van der Waals surface area contributed by atoms with Crippen LogP contribution >= 0.6 is 11.6 Å². The van der Waals surface area contributed by atoms with Gasteiger partial charge in [-0.3, -0.25) is 0 Å². The number of anilines is 1. The van der Waals surface area contributed by atoms with Crippen LogP contribution in [0.4, 0.5) is 5.88 Å². The van der Waals surface area contributed by atoms with Crippen LogP contribution < -0.4 is 24.3 Å². The first-order valence-corrected chi connectivity index (χ1v) is 13.6. The van der Waals surface area contributed by atoms with Crippen LogP contribution in [0.3, 0.4) is 0 Å². The van der Waals surface area contributed by atoms with Crippen molar-refractivity contribution < 1.29 is 31.8 Å². The molecule has 0 unspecified atom stereocenters.